The molecule has 2 saturated carbocycles. The first-order chi connectivity index (χ1) is 8.22. The van der Waals surface area contributed by atoms with Crippen molar-refractivity contribution < 1.29 is 5.11 Å². The van der Waals surface area contributed by atoms with Crippen molar-refractivity contribution in [1.29, 1.82) is 5.26 Å². The van der Waals surface area contributed by atoms with Crippen molar-refractivity contribution in [3.63, 3.8) is 0 Å². The van der Waals surface area contributed by atoms with Gasteiger partial charge in [0.1, 0.15) is 0 Å². The predicted molar refractivity (Wildman–Crippen MR) is 68.3 cm³/mol. The molecule has 2 heteroatoms. The second kappa shape index (κ2) is 5.40. The van der Waals surface area contributed by atoms with Crippen LogP contribution in [0.2, 0.25) is 0 Å². The Balaban J connectivity index is 2.07. The van der Waals surface area contributed by atoms with Crippen molar-refractivity contribution in [3.05, 3.63) is 0 Å². The lowest BCUT2D eigenvalue weighted by Crippen LogP contribution is -2.41. The molecule has 0 aromatic rings. The van der Waals surface area contributed by atoms with Gasteiger partial charge in [-0.3, -0.25) is 0 Å². The topological polar surface area (TPSA) is 44.0 Å². The molecule has 1 N–H and O–H groups in total. The molecule has 2 aliphatic carbocycles. The first kappa shape index (κ1) is 12.9. The molecule has 2 aliphatic rings. The van der Waals surface area contributed by atoms with Crippen molar-refractivity contribution >= 4 is 0 Å². The van der Waals surface area contributed by atoms with Crippen LogP contribution in [0, 0.1) is 28.6 Å². The summed E-state index contributed by atoms with van der Waals surface area (Å²) in [6.45, 7) is 2.25. The molecule has 96 valence electrons. The molecule has 0 bridgehead atoms. The fourth-order valence-electron chi connectivity index (χ4n) is 3.92. The average Bonchev–Trinajstić information content (AvgIpc) is 2.39. The van der Waals surface area contributed by atoms with Crippen LogP contribution in [0.1, 0.15) is 64.7 Å². The molecule has 0 heterocycles. The zero-order valence-corrected chi connectivity index (χ0v) is 11.0. The number of rotatable bonds is 2. The summed E-state index contributed by atoms with van der Waals surface area (Å²) in [5.41, 5.74) is -0.203. The van der Waals surface area contributed by atoms with Gasteiger partial charge >= 0.3 is 0 Å². The lowest BCUT2D eigenvalue weighted by Gasteiger charge is -2.44. The molecule has 2 nitrogen and oxygen atoms in total. The van der Waals surface area contributed by atoms with Gasteiger partial charge in [0.25, 0.3) is 0 Å². The summed E-state index contributed by atoms with van der Waals surface area (Å²) in [7, 11) is 0. The van der Waals surface area contributed by atoms with Crippen LogP contribution in [0.25, 0.3) is 0 Å². The number of hydrogen-bond donors (Lipinski definition) is 1. The van der Waals surface area contributed by atoms with Gasteiger partial charge in [-0.05, 0) is 44.4 Å². The third-order valence-corrected chi connectivity index (χ3v) is 5.24. The van der Waals surface area contributed by atoms with Crippen molar-refractivity contribution in [2.75, 3.05) is 0 Å². The molecule has 0 radical (unpaired) electrons. The van der Waals surface area contributed by atoms with E-state index in [0.29, 0.717) is 0 Å². The Kier molecular flexibility index (Phi) is 4.09. The summed E-state index contributed by atoms with van der Waals surface area (Å²) >= 11 is 0. The quantitative estimate of drug-likeness (QED) is 0.794. The molecule has 0 spiro atoms. The molecule has 0 aromatic heterocycles. The Morgan fingerprint density at radius 2 is 1.82 bits per heavy atom. The van der Waals surface area contributed by atoms with Crippen LogP contribution in [0.4, 0.5) is 0 Å². The number of aliphatic hydroxyl groups is 1. The number of nitriles is 1. The summed E-state index contributed by atoms with van der Waals surface area (Å²) in [4.78, 5) is 0. The zero-order chi connectivity index (χ0) is 12.3. The summed E-state index contributed by atoms with van der Waals surface area (Å²) < 4.78 is 0. The largest absolute Gasteiger partial charge is 0.393 e. The monoisotopic (exact) mass is 235 g/mol. The van der Waals surface area contributed by atoms with Crippen molar-refractivity contribution in [3.8, 4) is 6.07 Å². The maximum Gasteiger partial charge on any atom is 0.0693 e. The van der Waals surface area contributed by atoms with Crippen LogP contribution in [0.15, 0.2) is 0 Å². The molecule has 2 fully saturated rings. The fraction of sp³-hybridized carbons (Fsp3) is 0.933. The second-order valence-electron chi connectivity index (χ2n) is 6.08. The van der Waals surface area contributed by atoms with E-state index in [1.54, 1.807) is 0 Å². The first-order valence-electron chi connectivity index (χ1n) is 7.31. The lowest BCUT2D eigenvalue weighted by atomic mass is 9.60. The Bertz CT molecular complexity index is 286. The van der Waals surface area contributed by atoms with Gasteiger partial charge in [-0.15, -0.1) is 0 Å². The molecular formula is C15H25NO. The standard InChI is InChI=1S/C15H25NO/c1-2-12-7-9-15(11-16,10-8-12)13-5-3-4-6-14(13)17/h12-14,17H,2-10H2,1H3. The van der Waals surface area contributed by atoms with E-state index >= 15 is 0 Å². The summed E-state index contributed by atoms with van der Waals surface area (Å²) in [5, 5.41) is 19.8. The van der Waals surface area contributed by atoms with Crippen LogP contribution in [-0.2, 0) is 0 Å². The number of hydrogen-bond acceptors (Lipinski definition) is 2. The van der Waals surface area contributed by atoms with E-state index in [4.69, 9.17) is 0 Å². The fourth-order valence-corrected chi connectivity index (χ4v) is 3.92. The van der Waals surface area contributed by atoms with E-state index in [2.05, 4.69) is 13.0 Å². The highest BCUT2D eigenvalue weighted by molar-refractivity contribution is 5.07. The van der Waals surface area contributed by atoms with Gasteiger partial charge in [-0.2, -0.15) is 5.26 Å². The van der Waals surface area contributed by atoms with E-state index in [1.165, 1.54) is 25.7 Å². The van der Waals surface area contributed by atoms with Gasteiger partial charge < -0.3 is 5.11 Å². The van der Waals surface area contributed by atoms with Gasteiger partial charge in [0.15, 0.2) is 0 Å². The van der Waals surface area contributed by atoms with E-state index in [9.17, 15) is 10.4 Å². The SMILES string of the molecule is CCC1CCC(C#N)(C2CCCCC2O)CC1. The molecule has 0 aromatic carbocycles. The maximum atomic E-state index is 10.2. The van der Waals surface area contributed by atoms with Crippen LogP contribution < -0.4 is 0 Å². The van der Waals surface area contributed by atoms with E-state index in [0.717, 1.165) is 38.0 Å². The van der Waals surface area contributed by atoms with E-state index in [1.807, 2.05) is 0 Å². The van der Waals surface area contributed by atoms with Crippen LogP contribution in [-0.4, -0.2) is 11.2 Å². The third-order valence-electron chi connectivity index (χ3n) is 5.24. The molecule has 2 rings (SSSR count). The van der Waals surface area contributed by atoms with Crippen LogP contribution in [0.3, 0.4) is 0 Å². The Morgan fingerprint density at radius 3 is 2.35 bits per heavy atom. The van der Waals surface area contributed by atoms with E-state index < -0.39 is 0 Å². The highest BCUT2D eigenvalue weighted by Gasteiger charge is 2.45. The molecule has 0 aliphatic heterocycles. The van der Waals surface area contributed by atoms with Gasteiger partial charge in [-0.1, -0.05) is 26.2 Å². The Morgan fingerprint density at radius 1 is 1.18 bits per heavy atom. The Hall–Kier alpha value is -0.550. The van der Waals surface area contributed by atoms with E-state index in [-0.39, 0.29) is 17.4 Å². The highest BCUT2D eigenvalue weighted by Crippen LogP contribution is 2.49. The summed E-state index contributed by atoms with van der Waals surface area (Å²) in [5.74, 6) is 1.07. The van der Waals surface area contributed by atoms with Crippen molar-refractivity contribution in [2.45, 2.75) is 70.8 Å². The van der Waals surface area contributed by atoms with Crippen LogP contribution >= 0.6 is 0 Å². The van der Waals surface area contributed by atoms with Crippen LogP contribution in [0.5, 0.6) is 0 Å². The molecular weight excluding hydrogens is 210 g/mol. The Labute approximate surface area is 105 Å². The average molecular weight is 235 g/mol. The number of nitrogens with zero attached hydrogens (tertiary/aromatic N) is 1. The molecule has 0 amide bonds. The molecule has 0 saturated heterocycles. The molecule has 17 heavy (non-hydrogen) atoms. The summed E-state index contributed by atoms with van der Waals surface area (Å²) in [6, 6.07) is 2.60. The molecule has 2 atom stereocenters. The summed E-state index contributed by atoms with van der Waals surface area (Å²) in [6.07, 6.45) is 9.74. The normalized spacial score (nSPS) is 43.0. The van der Waals surface area contributed by atoms with Crippen molar-refractivity contribution in [1.82, 2.24) is 0 Å². The zero-order valence-electron chi connectivity index (χ0n) is 11.0. The third kappa shape index (κ3) is 2.50. The smallest absolute Gasteiger partial charge is 0.0693 e. The number of aliphatic hydroxyl groups excluding tert-OH is 1. The highest BCUT2D eigenvalue weighted by atomic mass is 16.3. The van der Waals surface area contributed by atoms with Gasteiger partial charge in [-0.25, -0.2) is 0 Å². The van der Waals surface area contributed by atoms with Gasteiger partial charge in [0, 0.05) is 5.92 Å². The minimum atomic E-state index is -0.221. The minimum Gasteiger partial charge on any atom is -0.393 e. The molecule has 2 unspecified atom stereocenters. The van der Waals surface area contributed by atoms with Gasteiger partial charge in [0.2, 0.25) is 0 Å². The van der Waals surface area contributed by atoms with Gasteiger partial charge in [0.05, 0.1) is 17.6 Å². The van der Waals surface area contributed by atoms with Crippen molar-refractivity contribution in [2.24, 2.45) is 17.3 Å². The lowest BCUT2D eigenvalue weighted by molar-refractivity contribution is -0.0109. The first-order valence-corrected chi connectivity index (χ1v) is 7.31. The predicted octanol–water partition coefficient (Wildman–Crippen LogP) is 3.65. The minimum absolute atomic E-state index is 0.203. The maximum absolute atomic E-state index is 10.2. The second-order valence-corrected chi connectivity index (χ2v) is 6.08.